The molecule has 0 rings (SSSR count). The fraction of sp³-hybridized carbons (Fsp3) is 0.882. The molecule has 0 spiro atoms. The van der Waals surface area contributed by atoms with E-state index in [1.807, 2.05) is 37.5 Å². The van der Waals surface area contributed by atoms with Crippen molar-refractivity contribution in [1.29, 1.82) is 0 Å². The van der Waals surface area contributed by atoms with E-state index in [2.05, 4.69) is 0 Å². The summed E-state index contributed by atoms with van der Waals surface area (Å²) in [5.74, 6) is 0.433. The first-order valence-corrected chi connectivity index (χ1v) is 8.81. The molecule has 0 aromatic rings. The molecule has 0 unspecified atom stereocenters. The Balaban J connectivity index is 3.80. The number of nitrogens with zero attached hydrogens (tertiary/aromatic N) is 2. The Hall–Kier alpha value is -1.10. The van der Waals surface area contributed by atoms with Crippen LogP contribution in [0, 0.1) is 0 Å². The van der Waals surface area contributed by atoms with Crippen LogP contribution in [0.3, 0.4) is 0 Å². The lowest BCUT2D eigenvalue weighted by atomic mass is 10.0. The van der Waals surface area contributed by atoms with Gasteiger partial charge in [-0.25, -0.2) is 0 Å². The topological polar surface area (TPSA) is 66.6 Å². The molecule has 22 heavy (non-hydrogen) atoms. The molecule has 0 bridgehead atoms. The number of rotatable bonds is 12. The van der Waals surface area contributed by atoms with E-state index in [0.717, 1.165) is 51.9 Å². The number of carbonyl (C=O) groups excluding carboxylic acids is 2. The lowest BCUT2D eigenvalue weighted by Crippen LogP contribution is -2.31. The first-order chi connectivity index (χ1) is 10.5. The zero-order valence-electron chi connectivity index (χ0n) is 14.9. The van der Waals surface area contributed by atoms with E-state index < -0.39 is 0 Å². The molecular formula is C17H35N3O2. The molecule has 0 atom stereocenters. The van der Waals surface area contributed by atoms with Gasteiger partial charge in [-0.3, -0.25) is 9.59 Å². The quantitative estimate of drug-likeness (QED) is 0.601. The second kappa shape index (κ2) is 12.4. The molecule has 0 radical (unpaired) electrons. The van der Waals surface area contributed by atoms with E-state index >= 15 is 0 Å². The van der Waals surface area contributed by atoms with Gasteiger partial charge in [0, 0.05) is 45.1 Å². The molecule has 0 saturated heterocycles. The van der Waals surface area contributed by atoms with Crippen LogP contribution in [-0.2, 0) is 9.59 Å². The summed E-state index contributed by atoms with van der Waals surface area (Å²) in [6, 6.07) is 0.0917. The van der Waals surface area contributed by atoms with Gasteiger partial charge in [0.05, 0.1) is 0 Å². The summed E-state index contributed by atoms with van der Waals surface area (Å²) in [4.78, 5) is 27.4. The van der Waals surface area contributed by atoms with Crippen LogP contribution in [0.5, 0.6) is 0 Å². The van der Waals surface area contributed by atoms with Crippen LogP contribution in [-0.4, -0.2) is 53.8 Å². The highest BCUT2D eigenvalue weighted by atomic mass is 16.2. The highest BCUT2D eigenvalue weighted by molar-refractivity contribution is 5.76. The zero-order valence-corrected chi connectivity index (χ0v) is 14.9. The van der Waals surface area contributed by atoms with Crippen molar-refractivity contribution in [3.8, 4) is 0 Å². The highest BCUT2D eigenvalue weighted by Crippen LogP contribution is 2.09. The van der Waals surface area contributed by atoms with Crippen LogP contribution in [0.25, 0.3) is 0 Å². The van der Waals surface area contributed by atoms with Gasteiger partial charge in [0.15, 0.2) is 0 Å². The lowest BCUT2D eigenvalue weighted by Gasteiger charge is -2.20. The number of hydrogen-bond donors (Lipinski definition) is 1. The van der Waals surface area contributed by atoms with Gasteiger partial charge < -0.3 is 15.5 Å². The van der Waals surface area contributed by atoms with Crippen LogP contribution >= 0.6 is 0 Å². The minimum atomic E-state index is 0.0917. The molecule has 0 aliphatic rings. The Labute approximate surface area is 136 Å². The number of amides is 2. The third-order valence-electron chi connectivity index (χ3n) is 4.16. The molecule has 5 heteroatoms. The summed E-state index contributed by atoms with van der Waals surface area (Å²) in [5.41, 5.74) is 6.08. The Bertz CT molecular complexity index is 283. The third-order valence-corrected chi connectivity index (χ3v) is 4.16. The molecule has 2 amide bonds. The number of hydrogen-bond acceptors (Lipinski definition) is 3. The van der Waals surface area contributed by atoms with E-state index in [1.165, 1.54) is 0 Å². The van der Waals surface area contributed by atoms with Crippen LogP contribution in [0.15, 0.2) is 0 Å². The van der Waals surface area contributed by atoms with Gasteiger partial charge in [0.2, 0.25) is 11.8 Å². The summed E-state index contributed by atoms with van der Waals surface area (Å²) in [7, 11) is 0. The fourth-order valence-electron chi connectivity index (χ4n) is 2.64. The van der Waals surface area contributed by atoms with Crippen molar-refractivity contribution in [3.05, 3.63) is 0 Å². The largest absolute Gasteiger partial charge is 0.343 e. The predicted octanol–water partition coefficient (Wildman–Crippen LogP) is 2.39. The Morgan fingerprint density at radius 3 is 1.36 bits per heavy atom. The molecular weight excluding hydrogens is 278 g/mol. The van der Waals surface area contributed by atoms with Gasteiger partial charge in [-0.15, -0.1) is 0 Å². The maximum absolute atomic E-state index is 11.9. The van der Waals surface area contributed by atoms with Crippen LogP contribution in [0.4, 0.5) is 0 Å². The first kappa shape index (κ1) is 20.9. The van der Waals surface area contributed by atoms with Crippen molar-refractivity contribution in [3.63, 3.8) is 0 Å². The van der Waals surface area contributed by atoms with E-state index in [9.17, 15) is 9.59 Å². The summed E-state index contributed by atoms with van der Waals surface area (Å²) in [6.07, 6.45) is 4.53. The van der Waals surface area contributed by atoms with Crippen molar-refractivity contribution in [2.24, 2.45) is 5.73 Å². The molecule has 2 N–H and O–H groups in total. The lowest BCUT2D eigenvalue weighted by molar-refractivity contribution is -0.131. The monoisotopic (exact) mass is 313 g/mol. The maximum Gasteiger partial charge on any atom is 0.222 e. The zero-order chi connectivity index (χ0) is 17.0. The molecule has 0 aliphatic carbocycles. The van der Waals surface area contributed by atoms with Gasteiger partial charge in [-0.1, -0.05) is 0 Å². The van der Waals surface area contributed by atoms with E-state index in [-0.39, 0.29) is 17.9 Å². The Morgan fingerprint density at radius 1 is 0.773 bits per heavy atom. The second-order valence-electron chi connectivity index (χ2n) is 5.68. The van der Waals surface area contributed by atoms with Crippen molar-refractivity contribution in [1.82, 2.24) is 9.80 Å². The summed E-state index contributed by atoms with van der Waals surface area (Å²) >= 11 is 0. The molecule has 0 aromatic heterocycles. The predicted molar refractivity (Wildman–Crippen MR) is 91.5 cm³/mol. The Morgan fingerprint density at radius 2 is 1.09 bits per heavy atom. The average molecular weight is 313 g/mol. The number of nitrogens with two attached hydrogens (primary N) is 1. The van der Waals surface area contributed by atoms with Crippen LogP contribution < -0.4 is 5.73 Å². The minimum absolute atomic E-state index is 0.0917. The summed E-state index contributed by atoms with van der Waals surface area (Å²) in [5, 5.41) is 0. The van der Waals surface area contributed by atoms with E-state index in [0.29, 0.717) is 12.8 Å². The Kier molecular flexibility index (Phi) is 11.8. The van der Waals surface area contributed by atoms with Crippen LogP contribution in [0.1, 0.15) is 66.2 Å². The van der Waals surface area contributed by atoms with Gasteiger partial charge >= 0.3 is 0 Å². The molecule has 0 aromatic carbocycles. The van der Waals surface area contributed by atoms with Crippen molar-refractivity contribution in [2.45, 2.75) is 72.3 Å². The molecule has 5 nitrogen and oxygen atoms in total. The SMILES string of the molecule is CCN(CC)C(=O)CCCC(N)CCCC(=O)N(CC)CC. The van der Waals surface area contributed by atoms with Gasteiger partial charge in [-0.2, -0.15) is 0 Å². The van der Waals surface area contributed by atoms with Gasteiger partial charge in [0.25, 0.3) is 0 Å². The minimum Gasteiger partial charge on any atom is -0.343 e. The smallest absolute Gasteiger partial charge is 0.222 e. The van der Waals surface area contributed by atoms with Gasteiger partial charge in [-0.05, 0) is 53.4 Å². The maximum atomic E-state index is 11.9. The van der Waals surface area contributed by atoms with Crippen LogP contribution in [0.2, 0.25) is 0 Å². The molecule has 0 heterocycles. The summed E-state index contributed by atoms with van der Waals surface area (Å²) in [6.45, 7) is 11.1. The van der Waals surface area contributed by atoms with Crippen molar-refractivity contribution < 1.29 is 9.59 Å². The average Bonchev–Trinajstić information content (AvgIpc) is 2.49. The molecule has 130 valence electrons. The first-order valence-electron chi connectivity index (χ1n) is 8.81. The normalized spacial score (nSPS) is 10.8. The fourth-order valence-corrected chi connectivity index (χ4v) is 2.64. The number of carbonyl (C=O) groups is 2. The van der Waals surface area contributed by atoms with Crippen molar-refractivity contribution >= 4 is 11.8 Å². The van der Waals surface area contributed by atoms with E-state index in [4.69, 9.17) is 5.73 Å². The van der Waals surface area contributed by atoms with Gasteiger partial charge in [0.1, 0.15) is 0 Å². The third kappa shape index (κ3) is 8.37. The van der Waals surface area contributed by atoms with Crippen molar-refractivity contribution in [2.75, 3.05) is 26.2 Å². The molecule has 0 fully saturated rings. The highest BCUT2D eigenvalue weighted by Gasteiger charge is 2.12. The summed E-state index contributed by atoms with van der Waals surface area (Å²) < 4.78 is 0. The standard InChI is InChI=1S/C17H35N3O2/c1-5-19(6-2)16(21)13-9-11-15(18)12-10-14-17(22)20(7-3)8-4/h15H,5-14,18H2,1-4H3. The second-order valence-corrected chi connectivity index (χ2v) is 5.68. The molecule has 0 saturated carbocycles. The van der Waals surface area contributed by atoms with E-state index in [1.54, 1.807) is 0 Å². The molecule has 0 aliphatic heterocycles.